The molecule has 37 heavy (non-hydrogen) atoms. The van der Waals surface area contributed by atoms with Gasteiger partial charge in [-0.1, -0.05) is 30.3 Å². The number of para-hydroxylation sites is 2. The summed E-state index contributed by atoms with van der Waals surface area (Å²) in [7, 11) is 1.52. The van der Waals surface area contributed by atoms with Crippen molar-refractivity contribution >= 4 is 23.7 Å². The van der Waals surface area contributed by atoms with Crippen LogP contribution in [0.3, 0.4) is 0 Å². The predicted octanol–water partition coefficient (Wildman–Crippen LogP) is 4.41. The monoisotopic (exact) mass is 500 g/mol. The zero-order valence-corrected chi connectivity index (χ0v) is 20.7. The molecule has 3 aromatic carbocycles. The molecule has 9 nitrogen and oxygen atoms in total. The maximum atomic E-state index is 12.2. The molecule has 190 valence electrons. The fourth-order valence-electron chi connectivity index (χ4n) is 3.33. The lowest BCUT2D eigenvalue weighted by atomic mass is 10.1. The van der Waals surface area contributed by atoms with Crippen LogP contribution in [0, 0.1) is 11.3 Å². The van der Waals surface area contributed by atoms with E-state index in [9.17, 15) is 14.9 Å². The first kappa shape index (κ1) is 26.8. The van der Waals surface area contributed by atoms with Crippen molar-refractivity contribution in [2.75, 3.05) is 19.0 Å². The third-order valence-electron chi connectivity index (χ3n) is 5.15. The lowest BCUT2D eigenvalue weighted by Gasteiger charge is -2.13. The van der Waals surface area contributed by atoms with Crippen molar-refractivity contribution in [3.05, 3.63) is 83.4 Å². The van der Waals surface area contributed by atoms with Gasteiger partial charge in [0.1, 0.15) is 12.4 Å². The Kier molecular flexibility index (Phi) is 10.1. The molecule has 0 atom stereocenters. The second-order valence-electron chi connectivity index (χ2n) is 7.74. The van der Waals surface area contributed by atoms with Crippen molar-refractivity contribution in [1.82, 2.24) is 5.43 Å². The van der Waals surface area contributed by atoms with E-state index in [0.717, 1.165) is 5.56 Å². The van der Waals surface area contributed by atoms with Crippen LogP contribution in [-0.2, 0) is 16.2 Å². The summed E-state index contributed by atoms with van der Waals surface area (Å²) in [6.07, 6.45) is 1.44. The minimum absolute atomic E-state index is 0.00510. The molecule has 0 heterocycles. The highest BCUT2D eigenvalue weighted by Gasteiger charge is 2.10. The predicted molar refractivity (Wildman–Crippen MR) is 140 cm³/mol. The molecule has 0 saturated carbocycles. The van der Waals surface area contributed by atoms with Gasteiger partial charge in [0.2, 0.25) is 11.8 Å². The molecule has 0 aromatic heterocycles. The lowest BCUT2D eigenvalue weighted by Crippen LogP contribution is -2.20. The average Bonchev–Trinajstić information content (AvgIpc) is 2.92. The number of nitrogens with one attached hydrogen (secondary N) is 2. The minimum atomic E-state index is -0.396. The number of nitriles is 1. The number of amides is 2. The molecule has 3 rings (SSSR count). The van der Waals surface area contributed by atoms with Gasteiger partial charge in [-0.25, -0.2) is 5.43 Å². The van der Waals surface area contributed by atoms with E-state index in [4.69, 9.17) is 14.2 Å². The fraction of sp³-hybridized carbons (Fsp3) is 0.214. The van der Waals surface area contributed by atoms with Crippen molar-refractivity contribution in [2.24, 2.45) is 5.10 Å². The quantitative estimate of drug-likeness (QED) is 0.281. The Morgan fingerprint density at radius 2 is 1.70 bits per heavy atom. The summed E-state index contributed by atoms with van der Waals surface area (Å²) in [5.74, 6) is 0.877. The summed E-state index contributed by atoms with van der Waals surface area (Å²) in [5.41, 5.74) is 4.97. The van der Waals surface area contributed by atoms with Gasteiger partial charge < -0.3 is 19.5 Å². The van der Waals surface area contributed by atoms with Crippen LogP contribution in [0.5, 0.6) is 17.2 Å². The number of nitrogens with zero attached hydrogens (tertiary/aromatic N) is 2. The number of hydrazone groups is 1. The summed E-state index contributed by atoms with van der Waals surface area (Å²) >= 11 is 0. The summed E-state index contributed by atoms with van der Waals surface area (Å²) in [4.78, 5) is 24.3. The van der Waals surface area contributed by atoms with Gasteiger partial charge >= 0.3 is 0 Å². The first-order valence-corrected chi connectivity index (χ1v) is 11.7. The van der Waals surface area contributed by atoms with Gasteiger partial charge in [-0.2, -0.15) is 10.4 Å². The van der Waals surface area contributed by atoms with Crippen LogP contribution >= 0.6 is 0 Å². The Balaban J connectivity index is 1.52. The molecule has 3 aromatic rings. The number of anilines is 1. The Hall–Kier alpha value is -4.84. The van der Waals surface area contributed by atoms with Crippen LogP contribution in [0.25, 0.3) is 0 Å². The maximum absolute atomic E-state index is 12.2. The van der Waals surface area contributed by atoms with E-state index in [2.05, 4.69) is 21.9 Å². The summed E-state index contributed by atoms with van der Waals surface area (Å²) in [6, 6.07) is 21.7. The van der Waals surface area contributed by atoms with Gasteiger partial charge in [0.25, 0.3) is 0 Å². The first-order chi connectivity index (χ1) is 18.0. The third kappa shape index (κ3) is 8.11. The first-order valence-electron chi connectivity index (χ1n) is 11.7. The topological polar surface area (TPSA) is 122 Å². The minimum Gasteiger partial charge on any atom is -0.495 e. The van der Waals surface area contributed by atoms with E-state index in [1.165, 1.54) is 13.3 Å². The Bertz CT molecular complexity index is 1300. The van der Waals surface area contributed by atoms with Gasteiger partial charge in [0, 0.05) is 18.4 Å². The van der Waals surface area contributed by atoms with Gasteiger partial charge in [-0.15, -0.1) is 0 Å². The lowest BCUT2D eigenvalue weighted by molar-refractivity contribution is -0.124. The fourth-order valence-corrected chi connectivity index (χ4v) is 3.33. The highest BCUT2D eigenvalue weighted by Crippen LogP contribution is 2.29. The van der Waals surface area contributed by atoms with Gasteiger partial charge in [0.15, 0.2) is 11.5 Å². The number of benzene rings is 3. The Labute approximate surface area is 215 Å². The molecule has 2 N–H and O–H groups in total. The Morgan fingerprint density at radius 3 is 2.49 bits per heavy atom. The third-order valence-corrected chi connectivity index (χ3v) is 5.15. The molecule has 0 fully saturated rings. The second kappa shape index (κ2) is 13.9. The van der Waals surface area contributed by atoms with Crippen LogP contribution in [0.2, 0.25) is 0 Å². The SMILES string of the molecule is CCOc1cc(C=NNC(=O)CCC(=O)Nc2ccccc2OC)ccc1OCc1ccccc1C#N. The van der Waals surface area contributed by atoms with E-state index in [1.54, 1.807) is 54.6 Å². The standard InChI is InChI=1S/C28H28N4O5/c1-3-36-26-16-20(12-13-25(26)37-19-22-9-5-4-8-21(22)17-29)18-30-32-28(34)15-14-27(33)31-23-10-6-7-11-24(23)35-2/h4-13,16,18H,3,14-15,19H2,1-2H3,(H,31,33)(H,32,34). The normalized spacial score (nSPS) is 10.4. The van der Waals surface area contributed by atoms with Crippen LogP contribution in [-0.4, -0.2) is 31.7 Å². The molecule has 0 saturated heterocycles. The molecule has 2 amide bonds. The molecule has 0 bridgehead atoms. The van der Waals surface area contributed by atoms with Gasteiger partial charge in [-0.3, -0.25) is 9.59 Å². The summed E-state index contributed by atoms with van der Waals surface area (Å²) in [6.45, 7) is 2.51. The molecule has 0 aliphatic carbocycles. The molecule has 0 unspecified atom stereocenters. The highest BCUT2D eigenvalue weighted by molar-refractivity contribution is 5.94. The second-order valence-corrected chi connectivity index (χ2v) is 7.74. The smallest absolute Gasteiger partial charge is 0.240 e. The number of hydrogen-bond donors (Lipinski definition) is 2. The van der Waals surface area contributed by atoms with Crippen LogP contribution < -0.4 is 25.0 Å². The number of methoxy groups -OCH3 is 1. The summed E-state index contributed by atoms with van der Waals surface area (Å²) in [5, 5.41) is 15.9. The molecule has 0 spiro atoms. The van der Waals surface area contributed by atoms with E-state index in [-0.39, 0.29) is 25.4 Å². The molecule has 0 aliphatic rings. The number of rotatable bonds is 12. The van der Waals surface area contributed by atoms with Crippen molar-refractivity contribution in [3.8, 4) is 23.3 Å². The van der Waals surface area contributed by atoms with E-state index >= 15 is 0 Å². The molecule has 9 heteroatoms. The zero-order chi connectivity index (χ0) is 26.5. The number of carbonyl (C=O) groups excluding carboxylic acids is 2. The number of carbonyl (C=O) groups is 2. The summed E-state index contributed by atoms with van der Waals surface area (Å²) < 4.78 is 16.8. The van der Waals surface area contributed by atoms with Crippen molar-refractivity contribution in [1.29, 1.82) is 5.26 Å². The van der Waals surface area contributed by atoms with Gasteiger partial charge in [0.05, 0.1) is 37.3 Å². The van der Waals surface area contributed by atoms with Crippen LogP contribution in [0.1, 0.15) is 36.5 Å². The van der Waals surface area contributed by atoms with Crippen molar-refractivity contribution in [2.45, 2.75) is 26.4 Å². The Morgan fingerprint density at radius 1 is 0.946 bits per heavy atom. The molecule has 0 radical (unpaired) electrons. The number of ether oxygens (including phenoxy) is 3. The molecular weight excluding hydrogens is 472 g/mol. The van der Waals surface area contributed by atoms with Crippen molar-refractivity contribution in [3.63, 3.8) is 0 Å². The zero-order valence-electron chi connectivity index (χ0n) is 20.7. The molecular formula is C28H28N4O5. The van der Waals surface area contributed by atoms with E-state index in [1.807, 2.05) is 19.1 Å². The van der Waals surface area contributed by atoms with Crippen molar-refractivity contribution < 1.29 is 23.8 Å². The van der Waals surface area contributed by atoms with Crippen LogP contribution in [0.15, 0.2) is 71.8 Å². The number of hydrogen-bond acceptors (Lipinski definition) is 7. The largest absolute Gasteiger partial charge is 0.495 e. The van der Waals surface area contributed by atoms with E-state index in [0.29, 0.717) is 40.7 Å². The molecule has 0 aliphatic heterocycles. The van der Waals surface area contributed by atoms with E-state index < -0.39 is 5.91 Å². The average molecular weight is 501 g/mol. The maximum Gasteiger partial charge on any atom is 0.240 e. The van der Waals surface area contributed by atoms with Gasteiger partial charge in [-0.05, 0) is 48.9 Å². The highest BCUT2D eigenvalue weighted by atomic mass is 16.5. The van der Waals surface area contributed by atoms with Crippen LogP contribution in [0.4, 0.5) is 5.69 Å².